The van der Waals surface area contributed by atoms with Gasteiger partial charge in [-0.25, -0.2) is 0 Å². The van der Waals surface area contributed by atoms with E-state index in [1.165, 1.54) is 0 Å². The Bertz CT molecular complexity index is 8.00. The minimum Gasteiger partial charge on any atom is -0.412 e. The molecular weight excluding hydrogens is 123 g/mol. The van der Waals surface area contributed by atoms with E-state index >= 15 is 0 Å². The molecule has 0 aromatic rings. The largest absolute Gasteiger partial charge is 0.412 e. The van der Waals surface area contributed by atoms with Crippen molar-refractivity contribution in [3.05, 3.63) is 0 Å². The molecule has 2 N–H and O–H groups in total. The van der Waals surface area contributed by atoms with Crippen LogP contribution in [0.25, 0.3) is 0 Å². The first kappa shape index (κ1) is 41.7. The zero-order valence-corrected chi connectivity index (χ0v) is 1.96. The van der Waals surface area contributed by atoms with Gasteiger partial charge in [0.2, 0.25) is 0 Å². The number of hydrogen-bond donors (Lipinski definition) is 0. The van der Waals surface area contributed by atoms with E-state index in [9.17, 15) is 0 Å². The Balaban J connectivity index is 0. The molecule has 4 heavy (non-hydrogen) atoms. The fourth-order valence-electron chi connectivity index (χ4n) is 0. The van der Waals surface area contributed by atoms with Gasteiger partial charge in [0, 0.05) is 17.1 Å². The van der Waals surface area contributed by atoms with E-state index in [-0.39, 0.29) is 63.0 Å². The van der Waals surface area contributed by atoms with Crippen LogP contribution in [0.1, 0.15) is 0 Å². The summed E-state index contributed by atoms with van der Waals surface area (Å²) in [5.74, 6) is 0. The molecule has 0 aliphatic carbocycles. The maximum Gasteiger partial charge on any atom is 0.316 e. The predicted molar refractivity (Wildman–Crippen MR) is 22.1 cm³/mol. The van der Waals surface area contributed by atoms with Gasteiger partial charge in [0.05, 0.1) is 0 Å². The first-order valence-electron chi connectivity index (χ1n) is 0. The average molecular weight is 130 g/mol. The van der Waals surface area contributed by atoms with E-state index in [2.05, 4.69) is 0 Å². The summed E-state index contributed by atoms with van der Waals surface area (Å²) in [6.07, 6.45) is 0. The molecule has 0 bridgehead atoms. The van der Waals surface area contributed by atoms with Gasteiger partial charge in [0.25, 0.3) is 0 Å². The summed E-state index contributed by atoms with van der Waals surface area (Å²) >= 11 is 0. The molecule has 0 aromatic carbocycles. The van der Waals surface area contributed by atoms with Crippen LogP contribution in [0, 0.1) is 0 Å². The average Bonchev–Trinajstić information content (AvgIpc) is 0. The third kappa shape index (κ3) is 9.22. The molecule has 0 saturated heterocycles. The number of rotatable bonds is 0. The van der Waals surface area contributed by atoms with Crippen LogP contribution in [-0.2, 0) is 17.1 Å². The van der Waals surface area contributed by atoms with E-state index in [1.54, 1.807) is 0 Å². The summed E-state index contributed by atoms with van der Waals surface area (Å²) in [5, 5.41) is 0. The molecule has 26 valence electrons. The van der Waals surface area contributed by atoms with E-state index in [4.69, 9.17) is 0 Å². The second kappa shape index (κ2) is 21.6. The quantitative estimate of drug-likeness (QED) is 0.314. The maximum atomic E-state index is 0. The third-order valence-electron chi connectivity index (χ3n) is 0. The van der Waals surface area contributed by atoms with Crippen LogP contribution in [0.3, 0.4) is 0 Å². The second-order valence-corrected chi connectivity index (χ2v) is 0. The fourth-order valence-corrected chi connectivity index (χ4v) is 0. The van der Waals surface area contributed by atoms with Gasteiger partial charge in [-0.3, -0.25) is 0 Å². The Morgan fingerprint density at radius 1 is 1.00 bits per heavy atom. The monoisotopic (exact) mass is 130 g/mol. The SMILES string of the molecule is O.[AlH3].[Fe].[MgH2]. The zero-order chi connectivity index (χ0) is 0. The van der Waals surface area contributed by atoms with Crippen molar-refractivity contribution in [2.24, 2.45) is 0 Å². The predicted octanol–water partition coefficient (Wildman–Crippen LogP) is -2.93. The van der Waals surface area contributed by atoms with Gasteiger partial charge in [-0.1, -0.05) is 0 Å². The molecule has 0 unspecified atom stereocenters. The van der Waals surface area contributed by atoms with E-state index in [0.717, 1.165) is 0 Å². The van der Waals surface area contributed by atoms with Crippen molar-refractivity contribution in [1.82, 2.24) is 0 Å². The van der Waals surface area contributed by atoms with Crippen molar-refractivity contribution >= 4 is 40.4 Å². The topological polar surface area (TPSA) is 31.5 Å². The molecule has 4 heteroatoms. The number of hydrogen-bond acceptors (Lipinski definition) is 0. The molecule has 0 aliphatic rings. The van der Waals surface area contributed by atoms with Gasteiger partial charge in [-0.05, 0) is 0 Å². The molecule has 0 fully saturated rings. The van der Waals surface area contributed by atoms with Crippen molar-refractivity contribution in [2.45, 2.75) is 0 Å². The molecule has 0 aliphatic heterocycles. The smallest absolute Gasteiger partial charge is 0.316 e. The van der Waals surface area contributed by atoms with Crippen LogP contribution in [0.5, 0.6) is 0 Å². The molecular formula is H7AlFeMgO. The second-order valence-electron chi connectivity index (χ2n) is 0. The van der Waals surface area contributed by atoms with Gasteiger partial charge < -0.3 is 5.48 Å². The Kier molecular flexibility index (Phi) is 225. The standard InChI is InChI=1S/Al.Fe.Mg.H2O.5H/h;;;1H2;;;;;. The van der Waals surface area contributed by atoms with Crippen molar-refractivity contribution in [3.63, 3.8) is 0 Å². The zero-order valence-electron chi connectivity index (χ0n) is 0.854. The molecule has 0 amide bonds. The van der Waals surface area contributed by atoms with Gasteiger partial charge >= 0.3 is 23.1 Å². The first-order valence-corrected chi connectivity index (χ1v) is 0. The van der Waals surface area contributed by atoms with Crippen LogP contribution in [0.2, 0.25) is 0 Å². The van der Waals surface area contributed by atoms with Gasteiger partial charge in [-0.2, -0.15) is 0 Å². The van der Waals surface area contributed by atoms with Crippen LogP contribution >= 0.6 is 0 Å². The van der Waals surface area contributed by atoms with Crippen LogP contribution < -0.4 is 0 Å². The van der Waals surface area contributed by atoms with Crippen molar-refractivity contribution in [3.8, 4) is 0 Å². The summed E-state index contributed by atoms with van der Waals surface area (Å²) in [5.41, 5.74) is 0. The summed E-state index contributed by atoms with van der Waals surface area (Å²) in [7, 11) is 0. The molecule has 0 atom stereocenters. The van der Waals surface area contributed by atoms with Crippen molar-refractivity contribution < 1.29 is 22.5 Å². The van der Waals surface area contributed by atoms with Crippen LogP contribution in [-0.4, -0.2) is 45.9 Å². The minimum absolute atomic E-state index is 0. The van der Waals surface area contributed by atoms with Crippen molar-refractivity contribution in [2.75, 3.05) is 0 Å². The van der Waals surface area contributed by atoms with Gasteiger partial charge in [-0.15, -0.1) is 0 Å². The molecule has 0 heterocycles. The Hall–Kier alpha value is 1.78. The molecule has 0 radical (unpaired) electrons. The van der Waals surface area contributed by atoms with Crippen molar-refractivity contribution in [1.29, 1.82) is 0 Å². The van der Waals surface area contributed by atoms with Gasteiger partial charge in [0.1, 0.15) is 0 Å². The normalized spacial score (nSPS) is 0. The molecule has 0 spiro atoms. The molecule has 0 saturated carbocycles. The molecule has 0 aromatic heterocycles. The Morgan fingerprint density at radius 2 is 1.00 bits per heavy atom. The van der Waals surface area contributed by atoms with Crippen LogP contribution in [0.4, 0.5) is 0 Å². The van der Waals surface area contributed by atoms with Crippen LogP contribution in [0.15, 0.2) is 0 Å². The molecule has 0 rings (SSSR count). The fraction of sp³-hybridized carbons (Fsp3) is 0. The summed E-state index contributed by atoms with van der Waals surface area (Å²) in [6, 6.07) is 0. The van der Waals surface area contributed by atoms with E-state index in [0.29, 0.717) is 0 Å². The third-order valence-corrected chi connectivity index (χ3v) is 0. The minimum atomic E-state index is 0. The van der Waals surface area contributed by atoms with E-state index in [1.807, 2.05) is 0 Å². The summed E-state index contributed by atoms with van der Waals surface area (Å²) in [4.78, 5) is 0. The first-order chi connectivity index (χ1) is 0. The maximum absolute atomic E-state index is 0. The molecule has 1 nitrogen and oxygen atoms in total. The summed E-state index contributed by atoms with van der Waals surface area (Å²) in [6.45, 7) is 0. The van der Waals surface area contributed by atoms with E-state index < -0.39 is 0 Å². The van der Waals surface area contributed by atoms with Gasteiger partial charge in [0.15, 0.2) is 17.4 Å². The Morgan fingerprint density at radius 3 is 1.00 bits per heavy atom. The summed E-state index contributed by atoms with van der Waals surface area (Å²) < 4.78 is 0. The Labute approximate surface area is 62.6 Å².